The molecule has 156 valence electrons. The monoisotopic (exact) mass is 406 g/mol. The molecule has 0 unspecified atom stereocenters. The van der Waals surface area contributed by atoms with E-state index in [1.165, 1.54) is 17.7 Å². The van der Waals surface area contributed by atoms with Crippen molar-refractivity contribution in [3.05, 3.63) is 76.9 Å². The maximum atomic E-state index is 13.3. The molecule has 0 aliphatic heterocycles. The summed E-state index contributed by atoms with van der Waals surface area (Å²) in [6.45, 7) is 7.12. The van der Waals surface area contributed by atoms with Gasteiger partial charge in [0.25, 0.3) is 5.91 Å². The average molecular weight is 407 g/mol. The normalized spacial score (nSPS) is 12.9. The van der Waals surface area contributed by atoms with Crippen LogP contribution < -0.4 is 5.32 Å². The van der Waals surface area contributed by atoms with Crippen LogP contribution in [0.3, 0.4) is 0 Å². The van der Waals surface area contributed by atoms with Gasteiger partial charge in [-0.2, -0.15) is 5.10 Å². The van der Waals surface area contributed by atoms with E-state index in [0.29, 0.717) is 5.69 Å². The fraction of sp³-hybridized carbons (Fsp3) is 0.333. The van der Waals surface area contributed by atoms with E-state index in [1.54, 1.807) is 16.8 Å². The minimum absolute atomic E-state index is 0.200. The molecule has 0 radical (unpaired) electrons. The topological polar surface area (TPSA) is 50.2 Å². The summed E-state index contributed by atoms with van der Waals surface area (Å²) < 4.78 is 15.1. The Kier molecular flexibility index (Phi) is 5.95. The molecule has 2 aromatic carbocycles. The van der Waals surface area contributed by atoms with Gasteiger partial charge >= 0.3 is 0 Å². The van der Waals surface area contributed by atoms with Crippen molar-refractivity contribution in [2.24, 2.45) is 0 Å². The van der Waals surface area contributed by atoms with Crippen molar-refractivity contribution in [3.63, 3.8) is 0 Å². The Morgan fingerprint density at radius 2 is 1.90 bits per heavy atom. The lowest BCUT2D eigenvalue weighted by molar-refractivity contribution is 0.102. The maximum absolute atomic E-state index is 13.3. The summed E-state index contributed by atoms with van der Waals surface area (Å²) in [5.41, 5.74) is 5.21. The predicted octanol–water partition coefficient (Wildman–Crippen LogP) is 4.59. The molecule has 3 aromatic rings. The van der Waals surface area contributed by atoms with Gasteiger partial charge in [0.05, 0.1) is 5.69 Å². The van der Waals surface area contributed by atoms with E-state index in [4.69, 9.17) is 0 Å². The summed E-state index contributed by atoms with van der Waals surface area (Å²) in [5, 5.41) is 7.62. The first-order chi connectivity index (χ1) is 14.6. The molecule has 1 aromatic heterocycles. The zero-order valence-electron chi connectivity index (χ0n) is 17.5. The first-order valence-electron chi connectivity index (χ1n) is 10.6. The van der Waals surface area contributed by atoms with E-state index in [-0.39, 0.29) is 11.7 Å². The molecule has 6 heteroatoms. The number of rotatable bonds is 7. The number of carbonyl (C=O) groups is 1. The lowest BCUT2D eigenvalue weighted by Gasteiger charge is -2.18. The third-order valence-corrected chi connectivity index (χ3v) is 5.70. The Labute approximate surface area is 176 Å². The van der Waals surface area contributed by atoms with Gasteiger partial charge in [-0.3, -0.25) is 9.69 Å². The highest BCUT2D eigenvalue weighted by atomic mass is 19.1. The van der Waals surface area contributed by atoms with Crippen LogP contribution in [0.2, 0.25) is 0 Å². The third-order valence-electron chi connectivity index (χ3n) is 5.70. The van der Waals surface area contributed by atoms with Crippen LogP contribution in [0, 0.1) is 5.82 Å². The van der Waals surface area contributed by atoms with Gasteiger partial charge in [-0.15, -0.1) is 0 Å². The number of hydrogen-bond donors (Lipinski definition) is 1. The Morgan fingerprint density at radius 1 is 1.13 bits per heavy atom. The summed E-state index contributed by atoms with van der Waals surface area (Å²) >= 11 is 0. The summed E-state index contributed by atoms with van der Waals surface area (Å²) in [6, 6.07) is 14.2. The standard InChI is InChI=1S/C24H27FN4O/c1-3-28(4-2)16-17-7-5-8-19(15-17)26-24(30)23-21-9-6-10-22(21)29(27-23)20-13-11-18(25)12-14-20/h5,7-8,11-15H,3-4,6,9-10,16H2,1-2H3,(H,26,30). The molecular weight excluding hydrogens is 379 g/mol. The number of nitrogens with zero attached hydrogens (tertiary/aromatic N) is 3. The van der Waals surface area contributed by atoms with Gasteiger partial charge in [-0.25, -0.2) is 9.07 Å². The Morgan fingerprint density at radius 3 is 2.63 bits per heavy atom. The SMILES string of the molecule is CCN(CC)Cc1cccc(NC(=O)c2nn(-c3ccc(F)cc3)c3c2CCC3)c1. The zero-order chi connectivity index (χ0) is 21.1. The van der Waals surface area contributed by atoms with Crippen molar-refractivity contribution < 1.29 is 9.18 Å². The summed E-state index contributed by atoms with van der Waals surface area (Å²) in [6.07, 6.45) is 2.70. The molecule has 0 atom stereocenters. The molecule has 0 saturated carbocycles. The Balaban J connectivity index is 1.57. The number of aromatic nitrogens is 2. The van der Waals surface area contributed by atoms with Gasteiger partial charge in [-0.1, -0.05) is 26.0 Å². The molecule has 1 heterocycles. The summed E-state index contributed by atoms with van der Waals surface area (Å²) in [4.78, 5) is 15.4. The zero-order valence-corrected chi connectivity index (χ0v) is 17.5. The molecule has 1 N–H and O–H groups in total. The maximum Gasteiger partial charge on any atom is 0.276 e. The third kappa shape index (κ3) is 4.14. The largest absolute Gasteiger partial charge is 0.321 e. The minimum atomic E-state index is -0.287. The lowest BCUT2D eigenvalue weighted by atomic mass is 10.1. The smallest absolute Gasteiger partial charge is 0.276 e. The number of carbonyl (C=O) groups excluding carboxylic acids is 1. The van der Waals surface area contributed by atoms with Crippen LogP contribution in [-0.4, -0.2) is 33.7 Å². The molecule has 0 fully saturated rings. The van der Waals surface area contributed by atoms with Crippen LogP contribution in [0.5, 0.6) is 0 Å². The van der Waals surface area contributed by atoms with Crippen molar-refractivity contribution in [2.45, 2.75) is 39.7 Å². The van der Waals surface area contributed by atoms with Gasteiger partial charge in [0, 0.05) is 23.5 Å². The molecular formula is C24H27FN4O. The second-order valence-electron chi connectivity index (χ2n) is 7.63. The van der Waals surface area contributed by atoms with Gasteiger partial charge < -0.3 is 5.32 Å². The van der Waals surface area contributed by atoms with Crippen LogP contribution in [0.1, 0.15) is 47.6 Å². The highest BCUT2D eigenvalue weighted by Gasteiger charge is 2.27. The van der Waals surface area contributed by atoms with Crippen LogP contribution in [-0.2, 0) is 19.4 Å². The molecule has 0 saturated heterocycles. The Bertz CT molecular complexity index is 1040. The van der Waals surface area contributed by atoms with Crippen molar-refractivity contribution in [3.8, 4) is 5.69 Å². The van der Waals surface area contributed by atoms with Crippen LogP contribution in [0.4, 0.5) is 10.1 Å². The molecule has 1 aliphatic rings. The fourth-order valence-corrected chi connectivity index (χ4v) is 4.06. The predicted molar refractivity (Wildman–Crippen MR) is 117 cm³/mol. The average Bonchev–Trinajstić information content (AvgIpc) is 3.36. The van der Waals surface area contributed by atoms with E-state index in [2.05, 4.69) is 35.2 Å². The molecule has 0 bridgehead atoms. The van der Waals surface area contributed by atoms with Crippen molar-refractivity contribution in [1.29, 1.82) is 0 Å². The number of benzene rings is 2. The van der Waals surface area contributed by atoms with E-state index >= 15 is 0 Å². The first-order valence-corrected chi connectivity index (χ1v) is 10.6. The van der Waals surface area contributed by atoms with E-state index in [1.807, 2.05) is 18.2 Å². The molecule has 5 nitrogen and oxygen atoms in total. The number of fused-ring (bicyclic) bond motifs is 1. The first kappa shape index (κ1) is 20.3. The highest BCUT2D eigenvalue weighted by Crippen LogP contribution is 2.28. The molecule has 30 heavy (non-hydrogen) atoms. The number of amides is 1. The lowest BCUT2D eigenvalue weighted by Crippen LogP contribution is -2.22. The molecule has 0 spiro atoms. The second-order valence-corrected chi connectivity index (χ2v) is 7.63. The summed E-state index contributed by atoms with van der Waals surface area (Å²) in [5.74, 6) is -0.487. The van der Waals surface area contributed by atoms with E-state index in [9.17, 15) is 9.18 Å². The van der Waals surface area contributed by atoms with Crippen LogP contribution in [0.15, 0.2) is 48.5 Å². The van der Waals surface area contributed by atoms with Gasteiger partial charge in [-0.05, 0) is 74.3 Å². The number of halogens is 1. The van der Waals surface area contributed by atoms with E-state index < -0.39 is 0 Å². The van der Waals surface area contributed by atoms with Gasteiger partial charge in [0.15, 0.2) is 5.69 Å². The van der Waals surface area contributed by atoms with Crippen molar-refractivity contribution in [2.75, 3.05) is 18.4 Å². The van der Waals surface area contributed by atoms with Crippen LogP contribution in [0.25, 0.3) is 5.69 Å². The molecule has 4 rings (SSSR count). The number of hydrogen-bond acceptors (Lipinski definition) is 3. The number of nitrogens with one attached hydrogen (secondary N) is 1. The highest BCUT2D eigenvalue weighted by molar-refractivity contribution is 6.04. The van der Waals surface area contributed by atoms with E-state index in [0.717, 1.165) is 61.5 Å². The van der Waals surface area contributed by atoms with Crippen LogP contribution >= 0.6 is 0 Å². The molecule has 1 aliphatic carbocycles. The van der Waals surface area contributed by atoms with Gasteiger partial charge in [0.2, 0.25) is 0 Å². The van der Waals surface area contributed by atoms with Crippen molar-refractivity contribution in [1.82, 2.24) is 14.7 Å². The molecule has 1 amide bonds. The number of anilines is 1. The van der Waals surface area contributed by atoms with Gasteiger partial charge in [0.1, 0.15) is 5.82 Å². The Hall–Kier alpha value is -2.99. The summed E-state index contributed by atoms with van der Waals surface area (Å²) in [7, 11) is 0. The van der Waals surface area contributed by atoms with Crippen molar-refractivity contribution >= 4 is 11.6 Å². The quantitative estimate of drug-likeness (QED) is 0.624. The second kappa shape index (κ2) is 8.79. The fourth-order valence-electron chi connectivity index (χ4n) is 4.06. The minimum Gasteiger partial charge on any atom is -0.321 e.